The number of aryl methyl sites for hydroxylation is 1. The van der Waals surface area contributed by atoms with E-state index in [1.54, 1.807) is 23.3 Å². The van der Waals surface area contributed by atoms with Crippen molar-refractivity contribution in [3.05, 3.63) is 24.7 Å². The number of nitrogens with zero attached hydrogens (tertiary/aromatic N) is 5. The molecule has 1 aromatic heterocycles. The van der Waals surface area contributed by atoms with Gasteiger partial charge in [0.15, 0.2) is 0 Å². The van der Waals surface area contributed by atoms with Crippen LogP contribution in [0.4, 0.5) is 0 Å². The quantitative estimate of drug-likeness (QED) is 0.550. The largest absolute Gasteiger partial charge is 0.256 e. The summed E-state index contributed by atoms with van der Waals surface area (Å²) >= 11 is 0. The van der Waals surface area contributed by atoms with Gasteiger partial charge in [-0.1, -0.05) is 5.21 Å². The summed E-state index contributed by atoms with van der Waals surface area (Å²) in [5.74, 6) is 0. The molecule has 0 atom stereocenters. The van der Waals surface area contributed by atoms with Gasteiger partial charge in [-0.2, -0.15) is 10.2 Å². The summed E-state index contributed by atoms with van der Waals surface area (Å²) in [7, 11) is 1.83. The Bertz CT molecular complexity index is 225. The van der Waals surface area contributed by atoms with Crippen LogP contribution in [-0.2, 0) is 7.05 Å². The van der Waals surface area contributed by atoms with Crippen LogP contribution in [0.1, 0.15) is 0 Å². The molecule has 0 fully saturated rings. The third kappa shape index (κ3) is 3.24. The van der Waals surface area contributed by atoms with Crippen molar-refractivity contribution in [3.63, 3.8) is 0 Å². The first-order chi connectivity index (χ1) is 5.39. The molecule has 0 bridgehead atoms. The zero-order chi connectivity index (χ0) is 7.94. The Labute approximate surface area is 64.4 Å². The number of hydrogen-bond acceptors (Lipinski definition) is 4. The lowest BCUT2D eigenvalue weighted by atomic mass is 10.7. The lowest BCUT2D eigenvalue weighted by molar-refractivity contribution is 0.715. The summed E-state index contributed by atoms with van der Waals surface area (Å²) in [5.41, 5.74) is 0. The molecule has 5 nitrogen and oxygen atoms in total. The fourth-order valence-electron chi connectivity index (χ4n) is 0.503. The van der Waals surface area contributed by atoms with Gasteiger partial charge in [-0.3, -0.25) is 4.68 Å². The molecule has 0 radical (unpaired) electrons. The Morgan fingerprint density at radius 2 is 2.36 bits per heavy atom. The Kier molecular flexibility index (Phi) is 2.98. The van der Waals surface area contributed by atoms with Crippen molar-refractivity contribution in [1.82, 2.24) is 15.0 Å². The van der Waals surface area contributed by atoms with E-state index >= 15 is 0 Å². The van der Waals surface area contributed by atoms with Crippen LogP contribution in [0.5, 0.6) is 0 Å². The molecule has 1 aromatic rings. The summed E-state index contributed by atoms with van der Waals surface area (Å²) in [4.78, 5) is 0. The number of hydrogen-bond donors (Lipinski definition) is 0. The summed E-state index contributed by atoms with van der Waals surface area (Å²) in [5, 5.41) is 14.2. The van der Waals surface area contributed by atoms with Gasteiger partial charge in [0.2, 0.25) is 0 Å². The molecule has 5 heteroatoms. The Balaban J connectivity index is 0.000000112. The molecule has 0 aliphatic carbocycles. The second-order valence-corrected chi connectivity index (χ2v) is 1.90. The molecule has 58 valence electrons. The van der Waals surface area contributed by atoms with E-state index < -0.39 is 0 Å². The topological polar surface area (TPSA) is 55.4 Å². The highest BCUT2D eigenvalue weighted by molar-refractivity contribution is 4.84. The van der Waals surface area contributed by atoms with Gasteiger partial charge in [0.1, 0.15) is 0 Å². The van der Waals surface area contributed by atoms with Gasteiger partial charge in [-0.15, -0.1) is 5.10 Å². The van der Waals surface area contributed by atoms with E-state index in [4.69, 9.17) is 0 Å². The summed E-state index contributed by atoms with van der Waals surface area (Å²) in [6, 6.07) is 0. The van der Waals surface area contributed by atoms with Crippen LogP contribution in [0.15, 0.2) is 34.9 Å². The van der Waals surface area contributed by atoms with Crippen LogP contribution in [0.2, 0.25) is 0 Å². The van der Waals surface area contributed by atoms with Gasteiger partial charge < -0.3 is 0 Å². The lowest BCUT2D eigenvalue weighted by Gasteiger charge is -1.74. The highest BCUT2D eigenvalue weighted by Crippen LogP contribution is 1.86. The molecule has 2 rings (SSSR count). The maximum atomic E-state index is 3.60. The van der Waals surface area contributed by atoms with Gasteiger partial charge in [-0.05, 0) is 6.08 Å². The predicted molar refractivity (Wildman–Crippen MR) is 39.9 cm³/mol. The molecular formula is C6H9N5. The van der Waals surface area contributed by atoms with E-state index in [0.717, 1.165) is 6.54 Å². The molecule has 11 heavy (non-hydrogen) atoms. The molecule has 0 aromatic carbocycles. The van der Waals surface area contributed by atoms with E-state index in [-0.39, 0.29) is 0 Å². The van der Waals surface area contributed by atoms with Crippen LogP contribution in [0.25, 0.3) is 0 Å². The van der Waals surface area contributed by atoms with Crippen molar-refractivity contribution in [1.29, 1.82) is 0 Å². The van der Waals surface area contributed by atoms with Crippen LogP contribution >= 0.6 is 0 Å². The molecule has 2 heterocycles. The molecule has 0 unspecified atom stereocenters. The second-order valence-electron chi connectivity index (χ2n) is 1.90. The summed E-state index contributed by atoms with van der Waals surface area (Å²) < 4.78 is 1.64. The van der Waals surface area contributed by atoms with E-state index in [2.05, 4.69) is 20.5 Å². The average Bonchev–Trinajstić information content (AvgIpc) is 2.57. The highest BCUT2D eigenvalue weighted by atomic mass is 15.4. The van der Waals surface area contributed by atoms with Crippen LogP contribution in [0, 0.1) is 0 Å². The number of aromatic nitrogens is 3. The van der Waals surface area contributed by atoms with Gasteiger partial charge in [-0.25, -0.2) is 0 Å². The zero-order valence-corrected chi connectivity index (χ0v) is 6.25. The van der Waals surface area contributed by atoms with Gasteiger partial charge in [0, 0.05) is 19.4 Å². The molecule has 1 aliphatic rings. The van der Waals surface area contributed by atoms with Gasteiger partial charge >= 0.3 is 0 Å². The predicted octanol–water partition coefficient (Wildman–Crippen LogP) is 0.781. The van der Waals surface area contributed by atoms with Crippen molar-refractivity contribution in [2.45, 2.75) is 0 Å². The molecule has 0 saturated heterocycles. The Hall–Kier alpha value is -1.52. The fourth-order valence-corrected chi connectivity index (χ4v) is 0.503. The van der Waals surface area contributed by atoms with E-state index in [9.17, 15) is 0 Å². The smallest absolute Gasteiger partial charge is 0.0802 e. The van der Waals surface area contributed by atoms with Crippen LogP contribution in [0.3, 0.4) is 0 Å². The SMILES string of the molecule is C1=CN=NC1.Cn1ccnn1. The number of azo groups is 1. The standard InChI is InChI=1S/C3H5N3.C3H4N2/c1-6-3-2-4-5-6;1-2-4-5-3-1/h2-3H,1H3;1-2H,3H2. The Morgan fingerprint density at radius 3 is 2.55 bits per heavy atom. The molecule has 0 saturated carbocycles. The van der Waals surface area contributed by atoms with Crippen molar-refractivity contribution in [3.8, 4) is 0 Å². The van der Waals surface area contributed by atoms with Crippen molar-refractivity contribution >= 4 is 0 Å². The molecular weight excluding hydrogens is 142 g/mol. The molecule has 0 N–H and O–H groups in total. The molecule has 0 spiro atoms. The summed E-state index contributed by atoms with van der Waals surface area (Å²) in [6.07, 6.45) is 7.01. The first-order valence-corrected chi connectivity index (χ1v) is 3.21. The second kappa shape index (κ2) is 4.32. The first-order valence-electron chi connectivity index (χ1n) is 3.21. The minimum atomic E-state index is 0.778. The third-order valence-corrected chi connectivity index (χ3v) is 0.983. The third-order valence-electron chi connectivity index (χ3n) is 0.983. The molecule has 0 amide bonds. The minimum Gasteiger partial charge on any atom is -0.256 e. The summed E-state index contributed by atoms with van der Waals surface area (Å²) in [6.45, 7) is 0.778. The van der Waals surface area contributed by atoms with Crippen LogP contribution < -0.4 is 0 Å². The zero-order valence-electron chi connectivity index (χ0n) is 6.25. The van der Waals surface area contributed by atoms with Gasteiger partial charge in [0.25, 0.3) is 0 Å². The first kappa shape index (κ1) is 7.59. The maximum Gasteiger partial charge on any atom is 0.0802 e. The minimum absolute atomic E-state index is 0.778. The van der Waals surface area contributed by atoms with Crippen molar-refractivity contribution < 1.29 is 0 Å². The average molecular weight is 151 g/mol. The van der Waals surface area contributed by atoms with E-state index in [1.807, 2.05) is 13.1 Å². The highest BCUT2D eigenvalue weighted by Gasteiger charge is 1.74. The fraction of sp³-hybridized carbons (Fsp3) is 0.333. The van der Waals surface area contributed by atoms with E-state index in [1.165, 1.54) is 0 Å². The normalized spacial score (nSPS) is 12.8. The van der Waals surface area contributed by atoms with Crippen LogP contribution in [-0.4, -0.2) is 21.5 Å². The van der Waals surface area contributed by atoms with Gasteiger partial charge in [0.05, 0.1) is 12.7 Å². The van der Waals surface area contributed by atoms with Crippen molar-refractivity contribution in [2.24, 2.45) is 17.3 Å². The molecule has 1 aliphatic heterocycles. The van der Waals surface area contributed by atoms with E-state index in [0.29, 0.717) is 0 Å². The number of rotatable bonds is 0. The monoisotopic (exact) mass is 151 g/mol. The maximum absolute atomic E-state index is 3.60. The lowest BCUT2D eigenvalue weighted by Crippen LogP contribution is -1.85. The Morgan fingerprint density at radius 1 is 1.45 bits per heavy atom. The van der Waals surface area contributed by atoms with Crippen molar-refractivity contribution in [2.75, 3.05) is 6.54 Å².